The number of unbranched alkanes of at least 4 members (excludes halogenated alkanes) is 2. The molecule has 9 nitrogen and oxygen atoms in total. The Morgan fingerprint density at radius 3 is 2.67 bits per heavy atom. The summed E-state index contributed by atoms with van der Waals surface area (Å²) in [4.78, 5) is 33.3. The molecular formula is C15H22N4O5. The van der Waals surface area contributed by atoms with E-state index in [4.69, 9.17) is 10.8 Å². The van der Waals surface area contributed by atoms with Crippen molar-refractivity contribution in [2.24, 2.45) is 0 Å². The Kier molecular flexibility index (Phi) is 7.63. The van der Waals surface area contributed by atoms with Gasteiger partial charge >= 0.3 is 5.97 Å². The fourth-order valence-electron chi connectivity index (χ4n) is 2.08. The van der Waals surface area contributed by atoms with Crippen molar-refractivity contribution in [3.63, 3.8) is 0 Å². The first-order valence-electron chi connectivity index (χ1n) is 7.65. The molecule has 0 bridgehead atoms. The van der Waals surface area contributed by atoms with E-state index in [0.717, 1.165) is 25.3 Å². The van der Waals surface area contributed by atoms with E-state index in [1.54, 1.807) is 0 Å². The SMILES string of the molecule is CCCCCN[C@@H](CC(=O)Nc1ccc(N)c([N+](=O)[O-])c1)C(=O)O. The number of hydrogen-bond donors (Lipinski definition) is 4. The quantitative estimate of drug-likeness (QED) is 0.220. The maximum absolute atomic E-state index is 12.0. The van der Waals surface area contributed by atoms with Gasteiger partial charge in [-0.05, 0) is 25.1 Å². The number of carbonyl (C=O) groups excluding carboxylic acids is 1. The average molecular weight is 338 g/mol. The Morgan fingerprint density at radius 2 is 2.08 bits per heavy atom. The number of amides is 1. The van der Waals surface area contributed by atoms with Crippen LogP contribution in [-0.2, 0) is 9.59 Å². The van der Waals surface area contributed by atoms with Crippen LogP contribution in [0.3, 0.4) is 0 Å². The third-order valence-corrected chi connectivity index (χ3v) is 3.37. The van der Waals surface area contributed by atoms with Crippen molar-refractivity contribution in [1.29, 1.82) is 0 Å². The Morgan fingerprint density at radius 1 is 1.38 bits per heavy atom. The van der Waals surface area contributed by atoms with Crippen molar-refractivity contribution in [3.8, 4) is 0 Å². The molecule has 0 aliphatic heterocycles. The van der Waals surface area contributed by atoms with Gasteiger partial charge in [-0.1, -0.05) is 19.8 Å². The lowest BCUT2D eigenvalue weighted by molar-refractivity contribution is -0.383. The van der Waals surface area contributed by atoms with Crippen molar-refractivity contribution in [3.05, 3.63) is 28.3 Å². The van der Waals surface area contributed by atoms with Crippen molar-refractivity contribution >= 4 is 28.9 Å². The van der Waals surface area contributed by atoms with Gasteiger partial charge in [-0.2, -0.15) is 0 Å². The molecule has 0 saturated carbocycles. The first kappa shape index (κ1) is 19.4. The summed E-state index contributed by atoms with van der Waals surface area (Å²) in [5, 5.41) is 25.2. The van der Waals surface area contributed by atoms with Crippen molar-refractivity contribution in [1.82, 2.24) is 5.32 Å². The topological polar surface area (TPSA) is 148 Å². The van der Waals surface area contributed by atoms with Crippen LogP contribution in [0.4, 0.5) is 17.1 Å². The lowest BCUT2D eigenvalue weighted by atomic mass is 10.1. The molecule has 132 valence electrons. The van der Waals surface area contributed by atoms with Crippen LogP contribution in [0.25, 0.3) is 0 Å². The maximum atomic E-state index is 12.0. The van der Waals surface area contributed by atoms with Gasteiger partial charge in [0.1, 0.15) is 11.7 Å². The maximum Gasteiger partial charge on any atom is 0.321 e. The number of rotatable bonds is 10. The molecule has 0 heterocycles. The molecule has 0 aliphatic carbocycles. The summed E-state index contributed by atoms with van der Waals surface area (Å²) in [6.07, 6.45) is 2.53. The lowest BCUT2D eigenvalue weighted by Gasteiger charge is -2.14. The summed E-state index contributed by atoms with van der Waals surface area (Å²) >= 11 is 0. The van der Waals surface area contributed by atoms with E-state index < -0.39 is 22.8 Å². The summed E-state index contributed by atoms with van der Waals surface area (Å²) in [5.74, 6) is -1.67. The summed E-state index contributed by atoms with van der Waals surface area (Å²) in [7, 11) is 0. The summed E-state index contributed by atoms with van der Waals surface area (Å²) < 4.78 is 0. The fraction of sp³-hybridized carbons (Fsp3) is 0.467. The normalized spacial score (nSPS) is 11.7. The summed E-state index contributed by atoms with van der Waals surface area (Å²) in [5.41, 5.74) is 5.34. The van der Waals surface area contributed by atoms with Gasteiger partial charge in [0.05, 0.1) is 11.3 Å². The van der Waals surface area contributed by atoms with Crippen LogP contribution in [0.2, 0.25) is 0 Å². The van der Waals surface area contributed by atoms with E-state index in [9.17, 15) is 19.7 Å². The van der Waals surface area contributed by atoms with Crippen molar-refractivity contribution < 1.29 is 19.6 Å². The molecule has 24 heavy (non-hydrogen) atoms. The van der Waals surface area contributed by atoms with Gasteiger partial charge in [0.2, 0.25) is 5.91 Å². The van der Waals surface area contributed by atoms with Crippen LogP contribution in [0, 0.1) is 10.1 Å². The molecule has 1 aromatic rings. The Bertz CT molecular complexity index is 606. The second kappa shape index (κ2) is 9.46. The minimum absolute atomic E-state index is 0.0148. The fourth-order valence-corrected chi connectivity index (χ4v) is 2.08. The number of carboxylic acids is 1. The minimum Gasteiger partial charge on any atom is -0.480 e. The van der Waals surface area contributed by atoms with Crippen LogP contribution in [0.5, 0.6) is 0 Å². The number of nitrogens with one attached hydrogen (secondary N) is 2. The number of anilines is 2. The number of carbonyl (C=O) groups is 2. The highest BCUT2D eigenvalue weighted by atomic mass is 16.6. The molecule has 0 fully saturated rings. The van der Waals surface area contributed by atoms with Crippen LogP contribution < -0.4 is 16.4 Å². The largest absolute Gasteiger partial charge is 0.480 e. The second-order valence-electron chi connectivity index (χ2n) is 5.34. The highest BCUT2D eigenvalue weighted by Crippen LogP contribution is 2.25. The molecule has 0 unspecified atom stereocenters. The number of nitrogens with two attached hydrogens (primary N) is 1. The number of nitrogens with zero attached hydrogens (tertiary/aromatic N) is 1. The zero-order valence-electron chi connectivity index (χ0n) is 13.4. The van der Waals surface area contributed by atoms with Gasteiger partial charge < -0.3 is 21.5 Å². The molecule has 1 atom stereocenters. The Balaban J connectivity index is 2.64. The molecule has 0 radical (unpaired) electrons. The molecule has 0 saturated heterocycles. The van der Waals surface area contributed by atoms with Gasteiger partial charge in [0, 0.05) is 11.8 Å². The number of nitrogen functional groups attached to an aromatic ring is 1. The highest BCUT2D eigenvalue weighted by molar-refractivity contribution is 5.94. The van der Waals surface area contributed by atoms with E-state index in [0.29, 0.717) is 6.54 Å². The van der Waals surface area contributed by atoms with Crippen LogP contribution in [0.15, 0.2) is 18.2 Å². The molecule has 0 aromatic heterocycles. The smallest absolute Gasteiger partial charge is 0.321 e. The first-order chi connectivity index (χ1) is 11.3. The number of carboxylic acid groups (broad SMARTS) is 1. The predicted molar refractivity (Wildman–Crippen MR) is 89.7 cm³/mol. The molecule has 0 aliphatic rings. The predicted octanol–water partition coefficient (Wildman–Crippen LogP) is 1.74. The van der Waals surface area contributed by atoms with E-state index in [2.05, 4.69) is 10.6 Å². The standard InChI is InChI=1S/C15H22N4O5/c1-2-3-4-7-17-12(15(21)22)9-14(20)18-10-5-6-11(16)13(8-10)19(23)24/h5-6,8,12,17H,2-4,7,9,16H2,1H3,(H,18,20)(H,21,22)/t12-/m0/s1. The van der Waals surface area contributed by atoms with Crippen LogP contribution in [-0.4, -0.2) is 34.5 Å². The highest BCUT2D eigenvalue weighted by Gasteiger charge is 2.21. The Hall–Kier alpha value is -2.68. The van der Waals surface area contributed by atoms with E-state index in [1.165, 1.54) is 12.1 Å². The number of aliphatic carboxylic acids is 1. The Labute approximate surface area is 139 Å². The summed E-state index contributed by atoms with van der Waals surface area (Å²) in [6, 6.07) is 2.86. The average Bonchev–Trinajstić information content (AvgIpc) is 2.51. The molecular weight excluding hydrogens is 316 g/mol. The molecule has 9 heteroatoms. The van der Waals surface area contributed by atoms with E-state index >= 15 is 0 Å². The molecule has 1 aromatic carbocycles. The zero-order chi connectivity index (χ0) is 18.1. The summed E-state index contributed by atoms with van der Waals surface area (Å²) in [6.45, 7) is 2.54. The van der Waals surface area contributed by atoms with Crippen LogP contribution in [0.1, 0.15) is 32.6 Å². The van der Waals surface area contributed by atoms with Gasteiger partial charge in [-0.15, -0.1) is 0 Å². The van der Waals surface area contributed by atoms with Crippen molar-refractivity contribution in [2.45, 2.75) is 38.6 Å². The first-order valence-corrected chi connectivity index (χ1v) is 7.65. The van der Waals surface area contributed by atoms with Crippen molar-refractivity contribution in [2.75, 3.05) is 17.6 Å². The molecule has 5 N–H and O–H groups in total. The monoisotopic (exact) mass is 338 g/mol. The third kappa shape index (κ3) is 6.21. The number of nitro groups is 1. The van der Waals surface area contributed by atoms with Gasteiger partial charge in [-0.3, -0.25) is 19.7 Å². The van der Waals surface area contributed by atoms with Gasteiger partial charge in [-0.25, -0.2) is 0 Å². The van der Waals surface area contributed by atoms with Gasteiger partial charge in [0.25, 0.3) is 5.69 Å². The van der Waals surface area contributed by atoms with E-state index in [1.807, 2.05) is 6.92 Å². The van der Waals surface area contributed by atoms with Gasteiger partial charge in [0.15, 0.2) is 0 Å². The minimum atomic E-state index is -1.12. The van der Waals surface area contributed by atoms with E-state index in [-0.39, 0.29) is 23.5 Å². The molecule has 1 rings (SSSR count). The number of nitro benzene ring substituents is 1. The van der Waals surface area contributed by atoms with Crippen LogP contribution >= 0.6 is 0 Å². The number of hydrogen-bond acceptors (Lipinski definition) is 6. The zero-order valence-corrected chi connectivity index (χ0v) is 13.4. The molecule has 0 spiro atoms. The number of benzene rings is 1. The lowest BCUT2D eigenvalue weighted by Crippen LogP contribution is -2.40. The third-order valence-electron chi connectivity index (χ3n) is 3.37. The second-order valence-corrected chi connectivity index (χ2v) is 5.34. The molecule has 1 amide bonds.